The van der Waals surface area contributed by atoms with Crippen molar-refractivity contribution in [1.29, 1.82) is 0 Å². The predicted molar refractivity (Wildman–Crippen MR) is 73.6 cm³/mol. The SMILES string of the molecule is O=C(O)/C=C/c1cncc(S(=O)(=O)NN2CCOCC2)c1. The number of nitrogens with zero attached hydrogens (tertiary/aromatic N) is 2. The second-order valence-corrected chi connectivity index (χ2v) is 5.98. The first-order valence-electron chi connectivity index (χ1n) is 6.18. The van der Waals surface area contributed by atoms with Crippen LogP contribution in [0.1, 0.15) is 5.56 Å². The Balaban J connectivity index is 2.15. The maximum absolute atomic E-state index is 12.2. The van der Waals surface area contributed by atoms with Crippen molar-refractivity contribution >= 4 is 22.1 Å². The molecule has 1 aromatic heterocycles. The number of hydrogen-bond acceptors (Lipinski definition) is 6. The van der Waals surface area contributed by atoms with Gasteiger partial charge >= 0.3 is 5.97 Å². The number of nitrogens with one attached hydrogen (secondary N) is 1. The predicted octanol–water partition coefficient (Wildman–Crippen LogP) is -0.295. The monoisotopic (exact) mass is 313 g/mol. The first-order chi connectivity index (χ1) is 9.97. The third-order valence-corrected chi connectivity index (χ3v) is 4.07. The summed E-state index contributed by atoms with van der Waals surface area (Å²) in [4.78, 5) is 16.7. The minimum absolute atomic E-state index is 0.0264. The molecule has 0 unspecified atom stereocenters. The highest BCUT2D eigenvalue weighted by Crippen LogP contribution is 2.11. The van der Waals surface area contributed by atoms with E-state index in [2.05, 4.69) is 9.82 Å². The molecule has 1 fully saturated rings. The molecule has 9 heteroatoms. The minimum atomic E-state index is -3.74. The summed E-state index contributed by atoms with van der Waals surface area (Å²) in [5.41, 5.74) is 0.391. The van der Waals surface area contributed by atoms with Crippen molar-refractivity contribution in [2.45, 2.75) is 4.90 Å². The van der Waals surface area contributed by atoms with Crippen LogP contribution >= 0.6 is 0 Å². The van der Waals surface area contributed by atoms with Gasteiger partial charge in [-0.15, -0.1) is 4.83 Å². The molecular formula is C12H15N3O5S. The van der Waals surface area contributed by atoms with Crippen LogP contribution in [0.15, 0.2) is 29.4 Å². The fourth-order valence-corrected chi connectivity index (χ4v) is 2.84. The van der Waals surface area contributed by atoms with E-state index in [-0.39, 0.29) is 4.90 Å². The van der Waals surface area contributed by atoms with E-state index in [1.165, 1.54) is 24.5 Å². The van der Waals surface area contributed by atoms with Gasteiger partial charge in [0.15, 0.2) is 0 Å². The van der Waals surface area contributed by atoms with Crippen molar-refractivity contribution in [3.63, 3.8) is 0 Å². The summed E-state index contributed by atoms with van der Waals surface area (Å²) in [6.07, 6.45) is 4.79. The highest BCUT2D eigenvalue weighted by atomic mass is 32.2. The van der Waals surface area contributed by atoms with E-state index in [9.17, 15) is 13.2 Å². The summed E-state index contributed by atoms with van der Waals surface area (Å²) in [7, 11) is -3.74. The lowest BCUT2D eigenvalue weighted by molar-refractivity contribution is -0.131. The molecule has 1 aromatic rings. The van der Waals surface area contributed by atoms with Crippen LogP contribution < -0.4 is 4.83 Å². The van der Waals surface area contributed by atoms with Crippen molar-refractivity contribution in [3.8, 4) is 0 Å². The number of carbonyl (C=O) groups is 1. The minimum Gasteiger partial charge on any atom is -0.478 e. The maximum Gasteiger partial charge on any atom is 0.328 e. The van der Waals surface area contributed by atoms with Crippen molar-refractivity contribution in [1.82, 2.24) is 14.8 Å². The lowest BCUT2D eigenvalue weighted by atomic mass is 10.2. The van der Waals surface area contributed by atoms with Crippen LogP contribution in [-0.4, -0.2) is 55.8 Å². The Kier molecular flexibility index (Phi) is 5.02. The summed E-state index contributed by atoms with van der Waals surface area (Å²) in [6.45, 7) is 1.85. The molecule has 0 aliphatic carbocycles. The molecule has 2 N–H and O–H groups in total. The molecule has 1 aliphatic rings. The first kappa shape index (κ1) is 15.6. The Morgan fingerprint density at radius 3 is 2.76 bits per heavy atom. The highest BCUT2D eigenvalue weighted by Gasteiger charge is 2.20. The van der Waals surface area contributed by atoms with Gasteiger partial charge in [-0.2, -0.15) is 0 Å². The largest absolute Gasteiger partial charge is 0.478 e. The van der Waals surface area contributed by atoms with E-state index in [1.807, 2.05) is 0 Å². The van der Waals surface area contributed by atoms with Gasteiger partial charge < -0.3 is 9.84 Å². The number of hydrazine groups is 1. The van der Waals surface area contributed by atoms with Crippen LogP contribution in [-0.2, 0) is 19.6 Å². The van der Waals surface area contributed by atoms with Gasteiger partial charge in [0, 0.05) is 31.6 Å². The smallest absolute Gasteiger partial charge is 0.328 e. The van der Waals surface area contributed by atoms with Gasteiger partial charge in [-0.05, 0) is 17.7 Å². The molecule has 8 nitrogen and oxygen atoms in total. The third-order valence-electron chi connectivity index (χ3n) is 2.72. The van der Waals surface area contributed by atoms with Crippen molar-refractivity contribution in [3.05, 3.63) is 30.1 Å². The third kappa shape index (κ3) is 4.60. The molecule has 0 radical (unpaired) electrons. The highest BCUT2D eigenvalue weighted by molar-refractivity contribution is 7.89. The van der Waals surface area contributed by atoms with E-state index >= 15 is 0 Å². The Labute approximate surface area is 122 Å². The van der Waals surface area contributed by atoms with Gasteiger partial charge in [-0.3, -0.25) is 4.98 Å². The zero-order valence-corrected chi connectivity index (χ0v) is 11.9. The number of sulfonamides is 1. The van der Waals surface area contributed by atoms with E-state index in [4.69, 9.17) is 9.84 Å². The molecule has 1 saturated heterocycles. The normalized spacial score (nSPS) is 17.1. The molecule has 114 valence electrons. The average Bonchev–Trinajstić information content (AvgIpc) is 2.46. The Morgan fingerprint density at radius 1 is 1.38 bits per heavy atom. The Bertz CT molecular complexity index is 638. The lowest BCUT2D eigenvalue weighted by Gasteiger charge is -2.26. The van der Waals surface area contributed by atoms with E-state index in [0.717, 1.165) is 6.08 Å². The second-order valence-electron chi connectivity index (χ2n) is 4.32. The molecule has 2 rings (SSSR count). The van der Waals surface area contributed by atoms with E-state index in [1.54, 1.807) is 5.01 Å². The average molecular weight is 313 g/mol. The van der Waals surface area contributed by atoms with E-state index in [0.29, 0.717) is 31.9 Å². The standard InChI is InChI=1S/C12H15N3O5S/c16-12(17)2-1-10-7-11(9-13-8-10)21(18,19)14-15-3-5-20-6-4-15/h1-2,7-9,14H,3-6H2,(H,16,17)/b2-1+. The molecule has 0 bridgehead atoms. The molecule has 1 aliphatic heterocycles. The fraction of sp³-hybridized carbons (Fsp3) is 0.333. The molecule has 0 amide bonds. The van der Waals surface area contributed by atoms with Crippen LogP contribution in [0.2, 0.25) is 0 Å². The van der Waals surface area contributed by atoms with Gasteiger partial charge in [0.1, 0.15) is 4.90 Å². The van der Waals surface area contributed by atoms with E-state index < -0.39 is 16.0 Å². The quantitative estimate of drug-likeness (QED) is 0.719. The number of aliphatic carboxylic acids is 1. The Hall–Kier alpha value is -1.81. The summed E-state index contributed by atoms with van der Waals surface area (Å²) < 4.78 is 29.6. The van der Waals surface area contributed by atoms with Gasteiger partial charge in [-0.25, -0.2) is 18.2 Å². The molecule has 21 heavy (non-hydrogen) atoms. The van der Waals surface area contributed by atoms with Crippen LogP contribution in [0.25, 0.3) is 6.08 Å². The van der Waals surface area contributed by atoms with Crippen molar-refractivity contribution < 1.29 is 23.1 Å². The molecular weight excluding hydrogens is 298 g/mol. The molecule has 0 atom stereocenters. The Morgan fingerprint density at radius 2 is 2.10 bits per heavy atom. The van der Waals surface area contributed by atoms with Gasteiger partial charge in [0.25, 0.3) is 10.0 Å². The summed E-state index contributed by atoms with van der Waals surface area (Å²) >= 11 is 0. The first-order valence-corrected chi connectivity index (χ1v) is 7.67. The van der Waals surface area contributed by atoms with Crippen LogP contribution in [0.5, 0.6) is 0 Å². The number of carboxylic acids is 1. The second kappa shape index (κ2) is 6.76. The van der Waals surface area contributed by atoms with Gasteiger partial charge in [0.2, 0.25) is 0 Å². The summed E-state index contributed by atoms with van der Waals surface area (Å²) in [5, 5.41) is 10.1. The maximum atomic E-state index is 12.2. The zero-order valence-electron chi connectivity index (χ0n) is 11.1. The van der Waals surface area contributed by atoms with Gasteiger partial charge in [0.05, 0.1) is 13.2 Å². The lowest BCUT2D eigenvalue weighted by Crippen LogP contribution is -2.48. The molecule has 2 heterocycles. The number of carboxylic acid groups (broad SMARTS) is 1. The molecule has 0 spiro atoms. The van der Waals surface area contributed by atoms with Crippen LogP contribution in [0.3, 0.4) is 0 Å². The molecule has 0 saturated carbocycles. The summed E-state index contributed by atoms with van der Waals surface area (Å²) in [6, 6.07) is 1.36. The fourth-order valence-electron chi connectivity index (χ4n) is 1.72. The van der Waals surface area contributed by atoms with Crippen LogP contribution in [0.4, 0.5) is 0 Å². The number of ether oxygens (including phenoxy) is 1. The number of hydrogen-bond donors (Lipinski definition) is 2. The van der Waals surface area contributed by atoms with Crippen molar-refractivity contribution in [2.24, 2.45) is 0 Å². The zero-order chi connectivity index (χ0) is 15.3. The number of pyridine rings is 1. The van der Waals surface area contributed by atoms with Crippen LogP contribution in [0, 0.1) is 0 Å². The number of rotatable bonds is 5. The topological polar surface area (TPSA) is 109 Å². The summed E-state index contributed by atoms with van der Waals surface area (Å²) in [5.74, 6) is -1.12. The van der Waals surface area contributed by atoms with Gasteiger partial charge in [-0.1, -0.05) is 0 Å². The number of morpholine rings is 1. The number of aromatic nitrogens is 1. The van der Waals surface area contributed by atoms with Crippen molar-refractivity contribution in [2.75, 3.05) is 26.3 Å². The molecule has 0 aromatic carbocycles.